The van der Waals surface area contributed by atoms with Crippen LogP contribution in [0.2, 0.25) is 5.15 Å². The van der Waals surface area contributed by atoms with Crippen molar-refractivity contribution in [1.82, 2.24) is 15.1 Å². The van der Waals surface area contributed by atoms with Gasteiger partial charge >= 0.3 is 0 Å². The number of ether oxygens (including phenoxy) is 2. The molecule has 0 saturated heterocycles. The molecule has 1 aromatic carbocycles. The summed E-state index contributed by atoms with van der Waals surface area (Å²) < 4.78 is 12.1. The zero-order valence-electron chi connectivity index (χ0n) is 14.1. The summed E-state index contributed by atoms with van der Waals surface area (Å²) in [4.78, 5) is 12.0. The van der Waals surface area contributed by atoms with Gasteiger partial charge in [-0.15, -0.1) is 0 Å². The van der Waals surface area contributed by atoms with Crippen LogP contribution in [0.5, 0.6) is 11.5 Å². The molecule has 0 aliphatic carbocycles. The number of aryl methyl sites for hydroxylation is 2. The van der Waals surface area contributed by atoms with Crippen LogP contribution in [-0.4, -0.2) is 29.9 Å². The minimum atomic E-state index is -0.237. The highest BCUT2D eigenvalue weighted by Gasteiger charge is 2.11. The first-order valence-electron chi connectivity index (χ1n) is 7.32. The number of rotatable bonds is 6. The van der Waals surface area contributed by atoms with Crippen molar-refractivity contribution >= 4 is 23.6 Å². The standard InChI is InChI=1S/C17H20ClN3O3/c1-11-13(17(18)21(2)20-11)8-9-15(22)19-10-12-6-5-7-14(23-3)16(12)24-4/h5-9H,10H2,1-4H3,(H,19,22)/b9-8+. The summed E-state index contributed by atoms with van der Waals surface area (Å²) in [6.45, 7) is 2.16. The van der Waals surface area contributed by atoms with Gasteiger partial charge in [-0.3, -0.25) is 9.48 Å². The van der Waals surface area contributed by atoms with Gasteiger partial charge in [-0.25, -0.2) is 0 Å². The predicted octanol–water partition coefficient (Wildman–Crippen LogP) is 2.73. The van der Waals surface area contributed by atoms with Crippen LogP contribution in [0.25, 0.3) is 6.08 Å². The number of para-hydroxylation sites is 1. The minimum absolute atomic E-state index is 0.237. The molecule has 24 heavy (non-hydrogen) atoms. The highest BCUT2D eigenvalue weighted by Crippen LogP contribution is 2.30. The third-order valence-electron chi connectivity index (χ3n) is 3.54. The van der Waals surface area contributed by atoms with E-state index < -0.39 is 0 Å². The number of amides is 1. The van der Waals surface area contributed by atoms with Gasteiger partial charge in [-0.2, -0.15) is 5.10 Å². The van der Waals surface area contributed by atoms with E-state index in [2.05, 4.69) is 10.4 Å². The van der Waals surface area contributed by atoms with E-state index >= 15 is 0 Å². The molecule has 2 rings (SSSR count). The summed E-state index contributed by atoms with van der Waals surface area (Å²) in [5, 5.41) is 7.50. The Morgan fingerprint density at radius 2 is 2.12 bits per heavy atom. The lowest BCUT2D eigenvalue weighted by molar-refractivity contribution is -0.116. The fraction of sp³-hybridized carbons (Fsp3) is 0.294. The molecule has 7 heteroatoms. The van der Waals surface area contributed by atoms with E-state index in [9.17, 15) is 4.79 Å². The quantitative estimate of drug-likeness (QED) is 0.814. The second kappa shape index (κ2) is 7.88. The van der Waals surface area contributed by atoms with E-state index in [-0.39, 0.29) is 5.91 Å². The Morgan fingerprint density at radius 3 is 2.71 bits per heavy atom. The lowest BCUT2D eigenvalue weighted by Gasteiger charge is -2.12. The Balaban J connectivity index is 2.05. The molecule has 0 radical (unpaired) electrons. The van der Waals surface area contributed by atoms with Gasteiger partial charge < -0.3 is 14.8 Å². The molecule has 0 fully saturated rings. The van der Waals surface area contributed by atoms with Crippen molar-refractivity contribution in [3.63, 3.8) is 0 Å². The molecule has 1 aromatic heterocycles. The van der Waals surface area contributed by atoms with Gasteiger partial charge in [0.2, 0.25) is 5.91 Å². The SMILES string of the molecule is COc1cccc(CNC(=O)/C=C/c2c(C)nn(C)c2Cl)c1OC. The molecule has 2 aromatic rings. The Morgan fingerprint density at radius 1 is 1.38 bits per heavy atom. The fourth-order valence-corrected chi connectivity index (χ4v) is 2.57. The van der Waals surface area contributed by atoms with E-state index in [0.717, 1.165) is 16.8 Å². The molecular weight excluding hydrogens is 330 g/mol. The van der Waals surface area contributed by atoms with Crippen LogP contribution in [0.3, 0.4) is 0 Å². The van der Waals surface area contributed by atoms with Gasteiger partial charge in [0, 0.05) is 30.8 Å². The van der Waals surface area contributed by atoms with Gasteiger partial charge in [0.15, 0.2) is 11.5 Å². The van der Waals surface area contributed by atoms with Crippen LogP contribution < -0.4 is 14.8 Å². The zero-order valence-corrected chi connectivity index (χ0v) is 14.8. The highest BCUT2D eigenvalue weighted by molar-refractivity contribution is 6.31. The van der Waals surface area contributed by atoms with Crippen LogP contribution in [0.1, 0.15) is 16.8 Å². The molecule has 6 nitrogen and oxygen atoms in total. The third kappa shape index (κ3) is 3.89. The Labute approximate surface area is 146 Å². The van der Waals surface area contributed by atoms with E-state index in [1.807, 2.05) is 19.1 Å². The number of aromatic nitrogens is 2. The first kappa shape index (κ1) is 17.9. The van der Waals surface area contributed by atoms with Gasteiger partial charge in [0.25, 0.3) is 0 Å². The van der Waals surface area contributed by atoms with Crippen LogP contribution in [0.4, 0.5) is 0 Å². The first-order chi connectivity index (χ1) is 11.5. The Bertz CT molecular complexity index is 769. The number of carbonyl (C=O) groups excluding carboxylic acids is 1. The van der Waals surface area contributed by atoms with Gasteiger partial charge in [0.05, 0.1) is 19.9 Å². The topological polar surface area (TPSA) is 65.4 Å². The van der Waals surface area contributed by atoms with Crippen LogP contribution in [-0.2, 0) is 18.4 Å². The summed E-state index contributed by atoms with van der Waals surface area (Å²) in [7, 11) is 4.89. The Hall–Kier alpha value is -2.47. The lowest BCUT2D eigenvalue weighted by Crippen LogP contribution is -2.20. The molecule has 1 heterocycles. The van der Waals surface area contributed by atoms with E-state index in [0.29, 0.717) is 23.2 Å². The number of methoxy groups -OCH3 is 2. The number of hydrogen-bond acceptors (Lipinski definition) is 4. The number of nitrogens with one attached hydrogen (secondary N) is 1. The molecule has 0 saturated carbocycles. The number of nitrogens with zero attached hydrogens (tertiary/aromatic N) is 2. The summed E-state index contributed by atoms with van der Waals surface area (Å²) in [5.74, 6) is 0.993. The molecule has 1 N–H and O–H groups in total. The smallest absolute Gasteiger partial charge is 0.244 e. The molecule has 0 aliphatic heterocycles. The maximum atomic E-state index is 12.0. The fourth-order valence-electron chi connectivity index (χ4n) is 2.33. The maximum absolute atomic E-state index is 12.0. The van der Waals surface area contributed by atoms with Crippen molar-refractivity contribution < 1.29 is 14.3 Å². The molecule has 1 amide bonds. The molecule has 0 unspecified atom stereocenters. The number of carbonyl (C=O) groups is 1. The molecule has 0 bridgehead atoms. The average Bonchev–Trinajstić information content (AvgIpc) is 2.82. The number of halogens is 1. The van der Waals surface area contributed by atoms with Gasteiger partial charge in [-0.1, -0.05) is 23.7 Å². The normalized spacial score (nSPS) is 10.9. The highest BCUT2D eigenvalue weighted by atomic mass is 35.5. The van der Waals surface area contributed by atoms with Crippen molar-refractivity contribution in [3.8, 4) is 11.5 Å². The minimum Gasteiger partial charge on any atom is -0.493 e. The zero-order chi connectivity index (χ0) is 17.7. The molecular formula is C17H20ClN3O3. The summed E-state index contributed by atoms with van der Waals surface area (Å²) in [5.41, 5.74) is 2.32. The van der Waals surface area contributed by atoms with Crippen LogP contribution in [0.15, 0.2) is 24.3 Å². The predicted molar refractivity (Wildman–Crippen MR) is 93.4 cm³/mol. The average molecular weight is 350 g/mol. The van der Waals surface area contributed by atoms with Crippen LogP contribution in [0, 0.1) is 6.92 Å². The van der Waals surface area contributed by atoms with Crippen LogP contribution >= 0.6 is 11.6 Å². The summed E-state index contributed by atoms with van der Waals surface area (Å²) in [6.07, 6.45) is 3.09. The van der Waals surface area contributed by atoms with E-state index in [4.69, 9.17) is 21.1 Å². The van der Waals surface area contributed by atoms with Gasteiger partial charge in [-0.05, 0) is 19.1 Å². The van der Waals surface area contributed by atoms with Crippen molar-refractivity contribution in [2.24, 2.45) is 7.05 Å². The third-order valence-corrected chi connectivity index (χ3v) is 3.98. The summed E-state index contributed by atoms with van der Waals surface area (Å²) >= 11 is 6.13. The van der Waals surface area contributed by atoms with Crippen molar-refractivity contribution in [3.05, 3.63) is 46.2 Å². The van der Waals surface area contributed by atoms with E-state index in [1.54, 1.807) is 38.1 Å². The van der Waals surface area contributed by atoms with Gasteiger partial charge in [0.1, 0.15) is 5.15 Å². The second-order valence-electron chi connectivity index (χ2n) is 5.12. The maximum Gasteiger partial charge on any atom is 0.244 e. The number of benzene rings is 1. The van der Waals surface area contributed by atoms with E-state index in [1.165, 1.54) is 6.08 Å². The first-order valence-corrected chi connectivity index (χ1v) is 7.70. The monoisotopic (exact) mass is 349 g/mol. The summed E-state index contributed by atoms with van der Waals surface area (Å²) in [6, 6.07) is 5.52. The molecule has 128 valence electrons. The molecule has 0 aliphatic rings. The molecule has 0 atom stereocenters. The van der Waals surface area contributed by atoms with Crippen molar-refractivity contribution in [1.29, 1.82) is 0 Å². The van der Waals surface area contributed by atoms with Crippen molar-refractivity contribution in [2.45, 2.75) is 13.5 Å². The second-order valence-corrected chi connectivity index (χ2v) is 5.48. The van der Waals surface area contributed by atoms with Crippen molar-refractivity contribution in [2.75, 3.05) is 14.2 Å². The molecule has 0 spiro atoms. The number of hydrogen-bond donors (Lipinski definition) is 1. The lowest BCUT2D eigenvalue weighted by atomic mass is 10.2. The largest absolute Gasteiger partial charge is 0.493 e. The Kier molecular flexibility index (Phi) is 5.87.